The van der Waals surface area contributed by atoms with E-state index in [1.54, 1.807) is 25.4 Å². The molecule has 0 spiro atoms. The number of anilines is 1. The van der Waals surface area contributed by atoms with Crippen LogP contribution in [0.3, 0.4) is 0 Å². The molecule has 6 nitrogen and oxygen atoms in total. The Morgan fingerprint density at radius 2 is 2.26 bits per heavy atom. The van der Waals surface area contributed by atoms with Gasteiger partial charge in [0.05, 0.1) is 25.0 Å². The van der Waals surface area contributed by atoms with Crippen LogP contribution in [0.4, 0.5) is 5.82 Å². The zero-order chi connectivity index (χ0) is 13.8. The molecule has 0 radical (unpaired) electrons. The van der Waals surface area contributed by atoms with E-state index in [1.807, 2.05) is 0 Å². The maximum atomic E-state index is 11.7. The zero-order valence-corrected chi connectivity index (χ0v) is 11.4. The Hall–Kier alpha value is -1.99. The van der Waals surface area contributed by atoms with Crippen molar-refractivity contribution in [3.05, 3.63) is 28.9 Å². The first-order chi connectivity index (χ1) is 9.17. The van der Waals surface area contributed by atoms with Gasteiger partial charge in [0.1, 0.15) is 15.7 Å². The number of nitrogens with two attached hydrogens (primary N) is 1. The molecule has 0 aliphatic heterocycles. The van der Waals surface area contributed by atoms with Crippen LogP contribution in [0.15, 0.2) is 18.3 Å². The molecule has 2 N–H and O–H groups in total. The van der Waals surface area contributed by atoms with Crippen LogP contribution in [0.1, 0.15) is 15.4 Å². The molecule has 2 aromatic heterocycles. The normalized spacial score (nSPS) is 10.4. The third-order valence-corrected chi connectivity index (χ3v) is 3.53. The van der Waals surface area contributed by atoms with Gasteiger partial charge in [-0.05, 0) is 12.1 Å². The highest BCUT2D eigenvalue weighted by molar-refractivity contribution is 7.17. The lowest BCUT2D eigenvalue weighted by Gasteiger charge is -1.98. The Morgan fingerprint density at radius 3 is 2.89 bits per heavy atom. The minimum Gasteiger partial charge on any atom is -0.465 e. The summed E-state index contributed by atoms with van der Waals surface area (Å²) in [6.07, 6.45) is 1.60. The monoisotopic (exact) mass is 279 g/mol. The molecule has 0 aromatic carbocycles. The van der Waals surface area contributed by atoms with Crippen LogP contribution in [0.2, 0.25) is 0 Å². The maximum absolute atomic E-state index is 11.7. The van der Waals surface area contributed by atoms with Crippen molar-refractivity contribution in [3.8, 4) is 10.6 Å². The number of thiazole rings is 1. The van der Waals surface area contributed by atoms with E-state index in [0.29, 0.717) is 27.0 Å². The molecule has 2 aromatic rings. The van der Waals surface area contributed by atoms with Gasteiger partial charge < -0.3 is 15.2 Å². The number of hydrogen-bond donors (Lipinski definition) is 1. The first kappa shape index (κ1) is 13.4. The first-order valence-corrected chi connectivity index (χ1v) is 6.26. The van der Waals surface area contributed by atoms with E-state index in [2.05, 4.69) is 9.97 Å². The Labute approximate surface area is 114 Å². The van der Waals surface area contributed by atoms with Crippen LogP contribution in [0.25, 0.3) is 10.6 Å². The number of nitrogens with zero attached hydrogens (tertiary/aromatic N) is 2. The van der Waals surface area contributed by atoms with Gasteiger partial charge in [-0.15, -0.1) is 11.3 Å². The molecular formula is C12H13N3O3S. The fourth-order valence-electron chi connectivity index (χ4n) is 1.55. The SMILES string of the molecule is COCc1nc(-c2cccnc2N)sc1C(=O)OC. The molecule has 19 heavy (non-hydrogen) atoms. The van der Waals surface area contributed by atoms with Crippen LogP contribution in [0.5, 0.6) is 0 Å². The molecular weight excluding hydrogens is 266 g/mol. The second-order valence-corrected chi connectivity index (χ2v) is 4.65. The van der Waals surface area contributed by atoms with E-state index < -0.39 is 5.97 Å². The predicted molar refractivity (Wildman–Crippen MR) is 71.8 cm³/mol. The van der Waals surface area contributed by atoms with Crippen LogP contribution in [-0.2, 0) is 16.1 Å². The number of ether oxygens (including phenoxy) is 2. The number of pyridine rings is 1. The highest BCUT2D eigenvalue weighted by atomic mass is 32.1. The average Bonchev–Trinajstić information content (AvgIpc) is 2.83. The lowest BCUT2D eigenvalue weighted by Crippen LogP contribution is -2.03. The molecule has 0 aliphatic rings. The van der Waals surface area contributed by atoms with Crippen molar-refractivity contribution >= 4 is 23.1 Å². The van der Waals surface area contributed by atoms with Gasteiger partial charge in [-0.2, -0.15) is 0 Å². The summed E-state index contributed by atoms with van der Waals surface area (Å²) in [5.41, 5.74) is 7.04. The lowest BCUT2D eigenvalue weighted by molar-refractivity contribution is 0.0601. The molecule has 0 atom stereocenters. The number of nitrogen functional groups attached to an aromatic ring is 1. The number of carbonyl (C=O) groups is 1. The second-order valence-electron chi connectivity index (χ2n) is 3.66. The molecule has 7 heteroatoms. The van der Waals surface area contributed by atoms with Gasteiger partial charge in [0.25, 0.3) is 0 Å². The minimum atomic E-state index is -0.432. The fraction of sp³-hybridized carbons (Fsp3) is 0.250. The largest absolute Gasteiger partial charge is 0.465 e. The second kappa shape index (κ2) is 5.77. The van der Waals surface area contributed by atoms with Crippen molar-refractivity contribution < 1.29 is 14.3 Å². The van der Waals surface area contributed by atoms with E-state index in [4.69, 9.17) is 15.2 Å². The average molecular weight is 279 g/mol. The predicted octanol–water partition coefficient (Wildman–Crippen LogP) is 1.72. The number of aromatic nitrogens is 2. The van der Waals surface area contributed by atoms with Gasteiger partial charge in [-0.1, -0.05) is 0 Å². The summed E-state index contributed by atoms with van der Waals surface area (Å²) in [6, 6.07) is 3.57. The third kappa shape index (κ3) is 2.72. The summed E-state index contributed by atoms with van der Waals surface area (Å²) in [7, 11) is 2.87. The van der Waals surface area contributed by atoms with Gasteiger partial charge in [0.2, 0.25) is 0 Å². The molecule has 100 valence electrons. The van der Waals surface area contributed by atoms with Gasteiger partial charge in [-0.3, -0.25) is 0 Å². The summed E-state index contributed by atoms with van der Waals surface area (Å²) in [6.45, 7) is 0.237. The van der Waals surface area contributed by atoms with Crippen molar-refractivity contribution in [1.29, 1.82) is 0 Å². The molecule has 2 heterocycles. The number of esters is 1. The number of methoxy groups -OCH3 is 2. The van der Waals surface area contributed by atoms with Crippen molar-refractivity contribution in [2.75, 3.05) is 20.0 Å². The highest BCUT2D eigenvalue weighted by Crippen LogP contribution is 2.31. The molecule has 0 unspecified atom stereocenters. The minimum absolute atomic E-state index is 0.237. The standard InChI is InChI=1S/C12H13N3O3S/c1-17-6-8-9(12(16)18-2)19-11(15-8)7-4-3-5-14-10(7)13/h3-5H,6H2,1-2H3,(H2,13,14). The van der Waals surface area contributed by atoms with Crippen molar-refractivity contribution in [3.63, 3.8) is 0 Å². The summed E-state index contributed by atoms with van der Waals surface area (Å²) < 4.78 is 9.76. The summed E-state index contributed by atoms with van der Waals surface area (Å²) in [5.74, 6) is -0.0603. The van der Waals surface area contributed by atoms with Gasteiger partial charge in [-0.25, -0.2) is 14.8 Å². The zero-order valence-electron chi connectivity index (χ0n) is 10.5. The highest BCUT2D eigenvalue weighted by Gasteiger charge is 2.20. The van der Waals surface area contributed by atoms with E-state index in [1.165, 1.54) is 18.4 Å². The Bertz CT molecular complexity index is 598. The molecule has 0 aliphatic carbocycles. The summed E-state index contributed by atoms with van der Waals surface area (Å²) >= 11 is 1.21. The topological polar surface area (TPSA) is 87.3 Å². The molecule has 0 fully saturated rings. The molecule has 2 rings (SSSR count). The molecule has 0 saturated carbocycles. The van der Waals surface area contributed by atoms with E-state index in [0.717, 1.165) is 0 Å². The van der Waals surface area contributed by atoms with Gasteiger partial charge >= 0.3 is 5.97 Å². The van der Waals surface area contributed by atoms with Crippen molar-refractivity contribution in [2.24, 2.45) is 0 Å². The first-order valence-electron chi connectivity index (χ1n) is 5.45. The Balaban J connectivity index is 2.48. The maximum Gasteiger partial charge on any atom is 0.350 e. The third-order valence-electron chi connectivity index (χ3n) is 2.42. The molecule has 0 bridgehead atoms. The van der Waals surface area contributed by atoms with Crippen molar-refractivity contribution in [1.82, 2.24) is 9.97 Å². The van der Waals surface area contributed by atoms with E-state index in [9.17, 15) is 4.79 Å². The number of carbonyl (C=O) groups excluding carboxylic acids is 1. The summed E-state index contributed by atoms with van der Waals surface area (Å²) in [4.78, 5) is 20.5. The van der Waals surface area contributed by atoms with Crippen LogP contribution >= 0.6 is 11.3 Å². The van der Waals surface area contributed by atoms with Crippen LogP contribution in [-0.4, -0.2) is 30.2 Å². The van der Waals surface area contributed by atoms with E-state index in [-0.39, 0.29) is 6.61 Å². The Kier molecular flexibility index (Phi) is 4.08. The molecule has 0 amide bonds. The molecule has 0 saturated heterocycles. The Morgan fingerprint density at radius 1 is 1.47 bits per heavy atom. The lowest BCUT2D eigenvalue weighted by atomic mass is 10.2. The fourth-order valence-corrected chi connectivity index (χ4v) is 2.57. The van der Waals surface area contributed by atoms with Crippen LogP contribution < -0.4 is 5.73 Å². The summed E-state index contributed by atoms with van der Waals surface area (Å²) in [5, 5.41) is 0.623. The van der Waals surface area contributed by atoms with Crippen LogP contribution in [0, 0.1) is 0 Å². The number of rotatable bonds is 4. The smallest absolute Gasteiger partial charge is 0.350 e. The van der Waals surface area contributed by atoms with Gasteiger partial charge in [0, 0.05) is 13.3 Å². The quantitative estimate of drug-likeness (QED) is 0.857. The number of hydrogen-bond acceptors (Lipinski definition) is 7. The van der Waals surface area contributed by atoms with Crippen molar-refractivity contribution in [2.45, 2.75) is 6.61 Å². The van der Waals surface area contributed by atoms with Gasteiger partial charge in [0.15, 0.2) is 0 Å². The van der Waals surface area contributed by atoms with E-state index >= 15 is 0 Å².